The Hall–Kier alpha value is -0.980. The molecule has 0 bridgehead atoms. The molecule has 2 aliphatic rings. The molecule has 0 radical (unpaired) electrons. The lowest BCUT2D eigenvalue weighted by atomic mass is 9.95. The summed E-state index contributed by atoms with van der Waals surface area (Å²) in [7, 11) is 1.97. The number of piperidine rings is 1. The molecule has 1 N–H and O–H groups in total. The second-order valence-corrected chi connectivity index (χ2v) is 7.86. The summed E-state index contributed by atoms with van der Waals surface area (Å²) in [6, 6.07) is 0.406. The molecule has 3 rings (SSSR count). The minimum atomic E-state index is 0.223. The van der Waals surface area contributed by atoms with Gasteiger partial charge < -0.3 is 10.2 Å². The van der Waals surface area contributed by atoms with Gasteiger partial charge in [-0.3, -0.25) is 9.69 Å². The smallest absolute Gasteiger partial charge is 0.226 e. The van der Waals surface area contributed by atoms with Crippen LogP contribution in [-0.2, 0) is 11.3 Å². The predicted octanol–water partition coefficient (Wildman–Crippen LogP) is 1.87. The molecule has 1 unspecified atom stereocenters. The van der Waals surface area contributed by atoms with E-state index in [0.29, 0.717) is 11.9 Å². The Bertz CT molecular complexity index is 524. The van der Waals surface area contributed by atoms with Crippen molar-refractivity contribution in [2.75, 3.05) is 33.2 Å². The number of amides is 1. The lowest BCUT2D eigenvalue weighted by molar-refractivity contribution is -0.137. The molecule has 0 aliphatic carbocycles. The van der Waals surface area contributed by atoms with E-state index in [0.717, 1.165) is 63.4 Å². The van der Waals surface area contributed by atoms with Crippen LogP contribution >= 0.6 is 11.3 Å². The van der Waals surface area contributed by atoms with Gasteiger partial charge in [-0.15, -0.1) is 11.3 Å². The lowest BCUT2D eigenvalue weighted by Crippen LogP contribution is -2.46. The first-order valence-corrected chi connectivity index (χ1v) is 9.63. The van der Waals surface area contributed by atoms with E-state index >= 15 is 0 Å². The highest BCUT2D eigenvalue weighted by molar-refractivity contribution is 7.09. The standard InChI is InChI=1S/C17H28N4OS/c1-13-19-15(12-23-13)11-20-8-5-14(6-9-20)17(22)21-7-3-4-16(21)10-18-2/h12,14,16,18H,3-11H2,1-2H3. The van der Waals surface area contributed by atoms with Gasteiger partial charge in [-0.25, -0.2) is 4.98 Å². The Morgan fingerprint density at radius 3 is 2.78 bits per heavy atom. The molecular formula is C17H28N4OS. The first-order valence-electron chi connectivity index (χ1n) is 8.76. The van der Waals surface area contributed by atoms with Crippen LogP contribution in [0.3, 0.4) is 0 Å². The largest absolute Gasteiger partial charge is 0.338 e. The van der Waals surface area contributed by atoms with Gasteiger partial charge in [-0.2, -0.15) is 0 Å². The van der Waals surface area contributed by atoms with E-state index in [4.69, 9.17) is 0 Å². The third kappa shape index (κ3) is 4.11. The topological polar surface area (TPSA) is 48.5 Å². The summed E-state index contributed by atoms with van der Waals surface area (Å²) in [4.78, 5) is 21.9. The molecule has 3 heterocycles. The van der Waals surface area contributed by atoms with Crippen LogP contribution < -0.4 is 5.32 Å². The van der Waals surface area contributed by atoms with Crippen molar-refractivity contribution in [1.29, 1.82) is 0 Å². The molecule has 1 aromatic rings. The lowest BCUT2D eigenvalue weighted by Gasteiger charge is -2.34. The number of carbonyl (C=O) groups excluding carboxylic acids is 1. The van der Waals surface area contributed by atoms with Crippen LogP contribution in [0.5, 0.6) is 0 Å². The molecule has 1 aromatic heterocycles. The van der Waals surface area contributed by atoms with Gasteiger partial charge in [0.2, 0.25) is 5.91 Å². The van der Waals surface area contributed by atoms with E-state index in [1.165, 1.54) is 5.69 Å². The maximum atomic E-state index is 12.8. The fourth-order valence-electron chi connectivity index (χ4n) is 3.86. The zero-order valence-corrected chi connectivity index (χ0v) is 15.1. The molecule has 128 valence electrons. The molecule has 1 amide bonds. The minimum Gasteiger partial charge on any atom is -0.338 e. The van der Waals surface area contributed by atoms with Crippen molar-refractivity contribution in [1.82, 2.24) is 20.1 Å². The van der Waals surface area contributed by atoms with Crippen molar-refractivity contribution >= 4 is 17.2 Å². The van der Waals surface area contributed by atoms with E-state index in [9.17, 15) is 4.79 Å². The zero-order chi connectivity index (χ0) is 16.2. The molecular weight excluding hydrogens is 308 g/mol. The van der Waals surface area contributed by atoms with Crippen LogP contribution in [0.4, 0.5) is 0 Å². The fourth-order valence-corrected chi connectivity index (χ4v) is 4.46. The summed E-state index contributed by atoms with van der Waals surface area (Å²) in [6.45, 7) is 6.88. The summed E-state index contributed by atoms with van der Waals surface area (Å²) in [5.41, 5.74) is 1.17. The number of rotatable bonds is 5. The van der Waals surface area contributed by atoms with Gasteiger partial charge >= 0.3 is 0 Å². The van der Waals surface area contributed by atoms with Crippen molar-refractivity contribution in [3.05, 3.63) is 16.1 Å². The zero-order valence-electron chi connectivity index (χ0n) is 14.3. The van der Waals surface area contributed by atoms with Crippen LogP contribution in [0, 0.1) is 12.8 Å². The van der Waals surface area contributed by atoms with Crippen LogP contribution in [0.2, 0.25) is 0 Å². The number of thiazole rings is 1. The van der Waals surface area contributed by atoms with Gasteiger partial charge in [0.05, 0.1) is 10.7 Å². The molecule has 0 aromatic carbocycles. The molecule has 1 atom stereocenters. The summed E-state index contributed by atoms with van der Waals surface area (Å²) in [5.74, 6) is 0.618. The average Bonchev–Trinajstić information content (AvgIpc) is 3.17. The maximum Gasteiger partial charge on any atom is 0.226 e. The first-order chi connectivity index (χ1) is 11.2. The molecule has 2 saturated heterocycles. The van der Waals surface area contributed by atoms with Gasteiger partial charge in [-0.05, 0) is 52.7 Å². The highest BCUT2D eigenvalue weighted by Crippen LogP contribution is 2.25. The highest BCUT2D eigenvalue weighted by Gasteiger charge is 2.34. The van der Waals surface area contributed by atoms with Crippen molar-refractivity contribution in [2.24, 2.45) is 5.92 Å². The second-order valence-electron chi connectivity index (χ2n) is 6.79. The normalized spacial score (nSPS) is 23.6. The van der Waals surface area contributed by atoms with Gasteiger partial charge in [0.1, 0.15) is 0 Å². The average molecular weight is 337 g/mol. The SMILES string of the molecule is CNCC1CCCN1C(=O)C1CCN(Cc2csc(C)n2)CC1. The van der Waals surface area contributed by atoms with Gasteiger partial charge in [-0.1, -0.05) is 0 Å². The fraction of sp³-hybridized carbons (Fsp3) is 0.765. The van der Waals surface area contributed by atoms with Crippen molar-refractivity contribution in [2.45, 2.75) is 45.2 Å². The van der Waals surface area contributed by atoms with E-state index in [1.54, 1.807) is 11.3 Å². The van der Waals surface area contributed by atoms with Crippen LogP contribution in [0.1, 0.15) is 36.4 Å². The first kappa shape index (κ1) is 16.9. The van der Waals surface area contributed by atoms with E-state index in [-0.39, 0.29) is 5.92 Å². The Balaban J connectivity index is 1.49. The van der Waals surface area contributed by atoms with Gasteiger partial charge in [0.25, 0.3) is 0 Å². The number of nitrogens with one attached hydrogen (secondary N) is 1. The summed E-state index contributed by atoms with van der Waals surface area (Å²) < 4.78 is 0. The quantitative estimate of drug-likeness (QED) is 0.892. The van der Waals surface area contributed by atoms with Crippen LogP contribution in [0.15, 0.2) is 5.38 Å². The number of likely N-dealkylation sites (N-methyl/N-ethyl adjacent to an activating group) is 1. The third-order valence-electron chi connectivity index (χ3n) is 5.09. The molecule has 6 heteroatoms. The number of nitrogens with zero attached hydrogens (tertiary/aromatic N) is 3. The Morgan fingerprint density at radius 1 is 1.35 bits per heavy atom. The van der Waals surface area contributed by atoms with Crippen LogP contribution in [0.25, 0.3) is 0 Å². The second kappa shape index (κ2) is 7.73. The molecule has 2 fully saturated rings. The highest BCUT2D eigenvalue weighted by atomic mass is 32.1. The Kier molecular flexibility index (Phi) is 5.67. The number of aryl methyl sites for hydroxylation is 1. The van der Waals surface area contributed by atoms with E-state index in [1.807, 2.05) is 7.05 Å². The summed E-state index contributed by atoms with van der Waals surface area (Å²) in [6.07, 6.45) is 4.28. The molecule has 0 saturated carbocycles. The summed E-state index contributed by atoms with van der Waals surface area (Å²) >= 11 is 1.72. The Labute approximate surface area is 143 Å². The predicted molar refractivity (Wildman–Crippen MR) is 93.5 cm³/mol. The monoisotopic (exact) mass is 336 g/mol. The number of hydrogen-bond acceptors (Lipinski definition) is 5. The Morgan fingerprint density at radius 2 is 2.13 bits per heavy atom. The van der Waals surface area contributed by atoms with Crippen molar-refractivity contribution < 1.29 is 4.79 Å². The summed E-state index contributed by atoms with van der Waals surface area (Å²) in [5, 5.41) is 6.51. The molecule has 5 nitrogen and oxygen atoms in total. The maximum absolute atomic E-state index is 12.8. The van der Waals surface area contributed by atoms with Crippen molar-refractivity contribution in [3.63, 3.8) is 0 Å². The van der Waals surface area contributed by atoms with E-state index in [2.05, 4.69) is 32.4 Å². The number of hydrogen-bond donors (Lipinski definition) is 1. The molecule has 0 spiro atoms. The number of likely N-dealkylation sites (tertiary alicyclic amines) is 2. The number of carbonyl (C=O) groups is 1. The molecule has 2 aliphatic heterocycles. The minimum absolute atomic E-state index is 0.223. The van der Waals surface area contributed by atoms with E-state index < -0.39 is 0 Å². The number of aromatic nitrogens is 1. The third-order valence-corrected chi connectivity index (χ3v) is 5.91. The van der Waals surface area contributed by atoms with Gasteiger partial charge in [0.15, 0.2) is 0 Å². The van der Waals surface area contributed by atoms with Gasteiger partial charge in [0, 0.05) is 37.0 Å². The van der Waals surface area contributed by atoms with Crippen molar-refractivity contribution in [3.8, 4) is 0 Å². The molecule has 23 heavy (non-hydrogen) atoms. The van der Waals surface area contributed by atoms with Crippen LogP contribution in [-0.4, -0.2) is 60.0 Å².